The molecule has 3 aromatic heterocycles. The van der Waals surface area contributed by atoms with Crippen molar-refractivity contribution in [3.05, 3.63) is 234 Å². The van der Waals surface area contributed by atoms with Crippen LogP contribution in [0.2, 0.25) is 0 Å². The maximum absolute atomic E-state index is 10.8. The molecule has 0 atom stereocenters. The van der Waals surface area contributed by atoms with Gasteiger partial charge in [0.15, 0.2) is 0 Å². The molecule has 0 fully saturated rings. The minimum absolute atomic E-state index is 0. The molecule has 0 saturated heterocycles. The molecule has 2 aliphatic carbocycles. The van der Waals surface area contributed by atoms with Crippen LogP contribution in [0.15, 0.2) is 200 Å². The Labute approximate surface area is 387 Å². The molecule has 64 heavy (non-hydrogen) atoms. The minimum atomic E-state index is -0.394. The van der Waals surface area contributed by atoms with Gasteiger partial charge in [-0.15, -0.1) is 24.3 Å². The molecular weight excluding hydrogens is 962 g/mol. The number of benzene rings is 7. The van der Waals surface area contributed by atoms with Crippen molar-refractivity contribution in [1.29, 1.82) is 0 Å². The van der Waals surface area contributed by atoms with Crippen molar-refractivity contribution in [1.82, 2.24) is 14.5 Å². The van der Waals surface area contributed by atoms with Crippen LogP contribution in [0.1, 0.15) is 27.9 Å². The zero-order chi connectivity index (χ0) is 42.2. The summed E-state index contributed by atoms with van der Waals surface area (Å²) in [4.78, 5) is 10.1. The van der Waals surface area contributed by atoms with Gasteiger partial charge in [-0.05, 0) is 116 Å². The Morgan fingerprint density at radius 3 is 1.58 bits per heavy atom. The number of phenolic OH excluding ortho intramolecular Hbond substituents is 1. The fourth-order valence-electron chi connectivity index (χ4n) is 10.4. The van der Waals surface area contributed by atoms with Crippen molar-refractivity contribution in [2.75, 3.05) is 0 Å². The predicted molar refractivity (Wildman–Crippen MR) is 255 cm³/mol. The van der Waals surface area contributed by atoms with Gasteiger partial charge < -0.3 is 9.67 Å². The first-order valence-electron chi connectivity index (χ1n) is 21.4. The van der Waals surface area contributed by atoms with E-state index in [0.717, 1.165) is 56.3 Å². The number of fused-ring (bicyclic) bond motifs is 10. The van der Waals surface area contributed by atoms with E-state index >= 15 is 0 Å². The summed E-state index contributed by atoms with van der Waals surface area (Å²) in [6.07, 6.45) is 0. The number of para-hydroxylation sites is 1. The summed E-state index contributed by atoms with van der Waals surface area (Å²) < 4.78 is 2.31. The second kappa shape index (κ2) is 15.4. The Bertz CT molecular complexity index is 3390. The normalized spacial score (nSPS) is 12.6. The van der Waals surface area contributed by atoms with Gasteiger partial charge in [0, 0.05) is 62.1 Å². The summed E-state index contributed by atoms with van der Waals surface area (Å²) in [7, 11) is 2.16. The van der Waals surface area contributed by atoms with E-state index in [4.69, 9.17) is 9.97 Å². The molecule has 0 unspecified atom stereocenters. The Morgan fingerprint density at radius 2 is 0.938 bits per heavy atom. The molecule has 3 heterocycles. The predicted octanol–water partition coefficient (Wildman–Crippen LogP) is 14.0. The molecule has 2 aliphatic rings. The second-order valence-corrected chi connectivity index (χ2v) is 16.7. The van der Waals surface area contributed by atoms with Gasteiger partial charge in [0.25, 0.3) is 0 Å². The van der Waals surface area contributed by atoms with Crippen LogP contribution in [-0.2, 0) is 33.5 Å². The number of rotatable bonds is 6. The fraction of sp³-hybridized carbons (Fsp3) is 0.0508. The van der Waals surface area contributed by atoms with Gasteiger partial charge in [-0.1, -0.05) is 151 Å². The van der Waals surface area contributed by atoms with Crippen LogP contribution in [0.3, 0.4) is 0 Å². The van der Waals surface area contributed by atoms with Crippen LogP contribution in [0.25, 0.3) is 89.7 Å². The summed E-state index contributed by atoms with van der Waals surface area (Å²) >= 11 is 0. The third-order valence-electron chi connectivity index (χ3n) is 13.1. The smallest absolute Gasteiger partial charge is 0.124 e. The zero-order valence-corrected chi connectivity index (χ0v) is 37.4. The van der Waals surface area contributed by atoms with Crippen LogP contribution in [0.5, 0.6) is 5.75 Å². The third-order valence-corrected chi connectivity index (χ3v) is 13.1. The van der Waals surface area contributed by atoms with Crippen molar-refractivity contribution in [3.8, 4) is 95.4 Å². The molecule has 12 rings (SSSR count). The van der Waals surface area contributed by atoms with Gasteiger partial charge in [0.1, 0.15) is 5.75 Å². The molecule has 4 nitrogen and oxygen atoms in total. The SMILES string of the molecule is Cc1cc(-c2ccc(-c3ccc4c(c3)C3(c5ccccc5-c5ccccc53)c3ccccc3-4)n2C)cc(-c2[c-]c(-c3cc(-c4ccccc4)cc(-c4ccccc4O)n3)ccc2)n1.[Pt]. The molecule has 0 aliphatic heterocycles. The molecule has 1 spiro atoms. The summed E-state index contributed by atoms with van der Waals surface area (Å²) in [6, 6.07) is 74.3. The standard InChI is InChI=1S/C59H40N3O.Pt/c1-37-31-43(36-53(60-37)39-17-14-18-40(32-39)54-34-42(38-15-4-3-5-16-38)35-55(61-54)48-22-9-13-26-58(48)63)57-30-29-56(62(57)2)41-27-28-47-46-21-8-12-25-51(46)59(52(47)33-41)49-23-10-6-19-44(49)45-20-7-11-24-50(45)59;/h3-31,33-36,63H,1-2H3;/q-1;. The molecule has 1 N–H and O–H groups in total. The van der Waals surface area contributed by atoms with E-state index in [-0.39, 0.29) is 26.8 Å². The van der Waals surface area contributed by atoms with Crippen LogP contribution in [-0.4, -0.2) is 19.6 Å². The second-order valence-electron chi connectivity index (χ2n) is 16.7. The van der Waals surface area contributed by atoms with Crippen molar-refractivity contribution in [2.24, 2.45) is 7.05 Å². The van der Waals surface area contributed by atoms with E-state index < -0.39 is 5.41 Å². The molecular formula is C59H40N3OPt-. The Morgan fingerprint density at radius 1 is 0.422 bits per heavy atom. The van der Waals surface area contributed by atoms with Gasteiger partial charge in [-0.3, -0.25) is 9.97 Å². The van der Waals surface area contributed by atoms with Crippen LogP contribution in [0.4, 0.5) is 0 Å². The van der Waals surface area contributed by atoms with Gasteiger partial charge in [0.2, 0.25) is 0 Å². The van der Waals surface area contributed by atoms with Gasteiger partial charge in [-0.2, -0.15) is 0 Å². The number of nitrogens with zero attached hydrogens (tertiary/aromatic N) is 3. The van der Waals surface area contributed by atoms with Crippen LogP contribution < -0.4 is 0 Å². The molecule has 5 heteroatoms. The largest absolute Gasteiger partial charge is 0.507 e. The van der Waals surface area contributed by atoms with Crippen molar-refractivity contribution in [3.63, 3.8) is 0 Å². The van der Waals surface area contributed by atoms with Crippen molar-refractivity contribution < 1.29 is 26.2 Å². The summed E-state index contributed by atoms with van der Waals surface area (Å²) in [5.74, 6) is 0.190. The van der Waals surface area contributed by atoms with Crippen molar-refractivity contribution >= 4 is 0 Å². The van der Waals surface area contributed by atoms with E-state index in [0.29, 0.717) is 11.3 Å². The monoisotopic (exact) mass is 1000 g/mol. The molecule has 0 amide bonds. The van der Waals surface area contributed by atoms with Crippen LogP contribution in [0, 0.1) is 13.0 Å². The topological polar surface area (TPSA) is 50.9 Å². The first-order chi connectivity index (χ1) is 31.0. The average molecular weight is 1000 g/mol. The number of pyridine rings is 2. The molecule has 0 saturated carbocycles. The Kier molecular flexibility index (Phi) is 9.52. The fourth-order valence-corrected chi connectivity index (χ4v) is 10.4. The molecule has 308 valence electrons. The molecule has 0 radical (unpaired) electrons. The zero-order valence-electron chi connectivity index (χ0n) is 35.2. The van der Waals surface area contributed by atoms with Gasteiger partial charge >= 0.3 is 0 Å². The summed E-state index contributed by atoms with van der Waals surface area (Å²) in [6.45, 7) is 2.05. The maximum Gasteiger partial charge on any atom is 0.124 e. The maximum atomic E-state index is 10.8. The minimum Gasteiger partial charge on any atom is -0.507 e. The number of aromatic nitrogens is 3. The van der Waals surface area contributed by atoms with Gasteiger partial charge in [0.05, 0.1) is 11.1 Å². The number of phenols is 1. The van der Waals surface area contributed by atoms with Gasteiger partial charge in [-0.25, -0.2) is 0 Å². The summed E-state index contributed by atoms with van der Waals surface area (Å²) in [5.41, 5.74) is 22.4. The number of hydrogen-bond donors (Lipinski definition) is 1. The van der Waals surface area contributed by atoms with E-state index in [1.165, 1.54) is 50.1 Å². The average Bonchev–Trinajstić information content (AvgIpc) is 3.97. The van der Waals surface area contributed by atoms with E-state index in [1.807, 2.05) is 54.6 Å². The summed E-state index contributed by atoms with van der Waals surface area (Å²) in [5, 5.41) is 10.8. The molecule has 10 aromatic rings. The first kappa shape index (κ1) is 39.5. The third kappa shape index (κ3) is 6.08. The number of aromatic hydroxyl groups is 1. The number of hydrogen-bond acceptors (Lipinski definition) is 3. The Hall–Kier alpha value is -7.39. The Balaban J connectivity index is 0.00000456. The first-order valence-corrected chi connectivity index (χ1v) is 21.4. The van der Waals surface area contributed by atoms with E-state index in [9.17, 15) is 5.11 Å². The molecule has 7 aromatic carbocycles. The van der Waals surface area contributed by atoms with E-state index in [2.05, 4.69) is 164 Å². The quantitative estimate of drug-likeness (QED) is 0.169. The van der Waals surface area contributed by atoms with Crippen LogP contribution >= 0.6 is 0 Å². The molecule has 0 bridgehead atoms. The number of aryl methyl sites for hydroxylation is 1. The van der Waals surface area contributed by atoms with E-state index in [1.54, 1.807) is 6.07 Å². The van der Waals surface area contributed by atoms with Crippen molar-refractivity contribution in [2.45, 2.75) is 12.3 Å².